The lowest BCUT2D eigenvalue weighted by atomic mass is 9.95. The highest BCUT2D eigenvalue weighted by atomic mass is 16.4. The van der Waals surface area contributed by atoms with Gasteiger partial charge in [0.25, 0.3) is 0 Å². The van der Waals surface area contributed by atoms with Crippen LogP contribution in [0.2, 0.25) is 0 Å². The van der Waals surface area contributed by atoms with E-state index < -0.39 is 5.97 Å². The van der Waals surface area contributed by atoms with Gasteiger partial charge in [-0.3, -0.25) is 4.98 Å². The molecule has 0 fully saturated rings. The van der Waals surface area contributed by atoms with Gasteiger partial charge in [-0.05, 0) is 0 Å². The smallest absolute Gasteiger partial charge is 0.356 e. The van der Waals surface area contributed by atoms with Gasteiger partial charge in [0.2, 0.25) is 0 Å². The molecule has 1 aromatic heterocycles. The summed E-state index contributed by atoms with van der Waals surface area (Å²) in [5, 5.41) is 20.7. The van der Waals surface area contributed by atoms with Crippen molar-refractivity contribution in [1.82, 2.24) is 9.97 Å². The minimum Gasteiger partial charge on any atom is -0.476 e. The number of carboxylic acid groups (broad SMARTS) is 1. The number of carbonyl (C=O) groups is 1. The molecular weight excluding hydrogens is 210 g/mol. The Morgan fingerprint density at radius 3 is 2.75 bits per heavy atom. The number of nitrogens with zero attached hydrogens (tertiary/aromatic N) is 2. The van der Waals surface area contributed by atoms with Crippen LogP contribution in [0.25, 0.3) is 0 Å². The average Bonchev–Trinajstić information content (AvgIpc) is 2.27. The first-order chi connectivity index (χ1) is 7.44. The molecule has 0 aromatic carbocycles. The summed E-state index contributed by atoms with van der Waals surface area (Å²) in [5.74, 6) is -0.723. The molecule has 0 amide bonds. The maximum atomic E-state index is 10.6. The van der Waals surface area contributed by atoms with Crippen molar-refractivity contribution in [2.45, 2.75) is 13.8 Å². The second-order valence-corrected chi connectivity index (χ2v) is 4.27. The fourth-order valence-electron chi connectivity index (χ4n) is 0.940. The molecule has 88 valence electrons. The van der Waals surface area contributed by atoms with Gasteiger partial charge in [0, 0.05) is 18.6 Å². The Morgan fingerprint density at radius 2 is 2.19 bits per heavy atom. The standard InChI is InChI=1S/C10H15N3O3/c1-10(2,6-14)5-12-8-4-11-3-7(13-8)9(15)16/h3-4,14H,5-6H2,1-2H3,(H,12,13)(H,15,16). The van der Waals surface area contributed by atoms with Crippen molar-refractivity contribution in [3.8, 4) is 0 Å². The van der Waals surface area contributed by atoms with E-state index in [1.54, 1.807) is 0 Å². The van der Waals surface area contributed by atoms with Crippen LogP contribution >= 0.6 is 0 Å². The Hall–Kier alpha value is -1.69. The molecular formula is C10H15N3O3. The van der Waals surface area contributed by atoms with Gasteiger partial charge in [-0.25, -0.2) is 9.78 Å². The molecule has 16 heavy (non-hydrogen) atoms. The fraction of sp³-hybridized carbons (Fsp3) is 0.500. The van der Waals surface area contributed by atoms with Gasteiger partial charge in [0.1, 0.15) is 5.82 Å². The summed E-state index contributed by atoms with van der Waals surface area (Å²) in [7, 11) is 0. The van der Waals surface area contributed by atoms with Crippen LogP contribution in [-0.2, 0) is 0 Å². The molecule has 0 radical (unpaired) electrons. The molecule has 6 heteroatoms. The largest absolute Gasteiger partial charge is 0.476 e. The molecule has 0 atom stereocenters. The third kappa shape index (κ3) is 3.47. The van der Waals surface area contributed by atoms with E-state index in [0.717, 1.165) is 0 Å². The molecule has 0 saturated carbocycles. The molecule has 1 rings (SSSR count). The molecule has 1 heterocycles. The summed E-state index contributed by atoms with van der Waals surface area (Å²) < 4.78 is 0. The van der Waals surface area contributed by atoms with Crippen LogP contribution in [0, 0.1) is 5.41 Å². The van der Waals surface area contributed by atoms with Gasteiger partial charge in [0.05, 0.1) is 12.4 Å². The number of carboxylic acids is 1. The van der Waals surface area contributed by atoms with Crippen molar-refractivity contribution >= 4 is 11.8 Å². The summed E-state index contributed by atoms with van der Waals surface area (Å²) in [6.07, 6.45) is 2.63. The Morgan fingerprint density at radius 1 is 1.50 bits per heavy atom. The molecule has 0 bridgehead atoms. The zero-order valence-electron chi connectivity index (χ0n) is 9.27. The predicted octanol–water partition coefficient (Wildman–Crippen LogP) is 0.605. The number of aromatic nitrogens is 2. The number of nitrogens with one attached hydrogen (secondary N) is 1. The minimum absolute atomic E-state index is 0.0338. The van der Waals surface area contributed by atoms with Gasteiger partial charge < -0.3 is 15.5 Å². The number of rotatable bonds is 5. The Balaban J connectivity index is 2.68. The van der Waals surface area contributed by atoms with Crippen molar-refractivity contribution in [2.75, 3.05) is 18.5 Å². The number of hydrogen-bond donors (Lipinski definition) is 3. The quantitative estimate of drug-likeness (QED) is 0.679. The molecule has 0 spiro atoms. The third-order valence-electron chi connectivity index (χ3n) is 2.03. The first-order valence-electron chi connectivity index (χ1n) is 4.85. The molecule has 3 N–H and O–H groups in total. The summed E-state index contributed by atoms with van der Waals surface area (Å²) in [6, 6.07) is 0. The topological polar surface area (TPSA) is 95.3 Å². The number of aliphatic hydroxyl groups is 1. The number of aromatic carboxylic acids is 1. The van der Waals surface area contributed by atoms with Crippen molar-refractivity contribution < 1.29 is 15.0 Å². The molecule has 0 aliphatic carbocycles. The lowest BCUT2D eigenvalue weighted by Gasteiger charge is -2.21. The molecule has 0 aliphatic rings. The first kappa shape index (κ1) is 12.4. The van der Waals surface area contributed by atoms with Gasteiger partial charge in [-0.1, -0.05) is 13.8 Å². The molecule has 0 saturated heterocycles. The monoisotopic (exact) mass is 225 g/mol. The third-order valence-corrected chi connectivity index (χ3v) is 2.03. The van der Waals surface area contributed by atoms with Crippen LogP contribution in [0.4, 0.5) is 5.82 Å². The van der Waals surface area contributed by atoms with E-state index >= 15 is 0 Å². The van der Waals surface area contributed by atoms with E-state index in [-0.39, 0.29) is 17.7 Å². The van der Waals surface area contributed by atoms with Crippen LogP contribution in [-0.4, -0.2) is 39.3 Å². The second-order valence-electron chi connectivity index (χ2n) is 4.27. The Bertz CT molecular complexity index is 379. The van der Waals surface area contributed by atoms with Crippen molar-refractivity contribution in [3.05, 3.63) is 18.1 Å². The molecule has 0 aliphatic heterocycles. The summed E-state index contributed by atoms with van der Waals surface area (Å²) in [5.41, 5.74) is -0.396. The second kappa shape index (κ2) is 4.89. The summed E-state index contributed by atoms with van der Waals surface area (Å²) in [6.45, 7) is 4.29. The SMILES string of the molecule is CC(C)(CO)CNc1cncc(C(=O)O)n1. The molecule has 1 aromatic rings. The maximum absolute atomic E-state index is 10.6. The van der Waals surface area contributed by atoms with E-state index in [1.165, 1.54) is 12.4 Å². The Labute approximate surface area is 93.4 Å². The number of hydrogen-bond acceptors (Lipinski definition) is 5. The van der Waals surface area contributed by atoms with Crippen LogP contribution < -0.4 is 5.32 Å². The average molecular weight is 225 g/mol. The van der Waals surface area contributed by atoms with Crippen LogP contribution in [0.3, 0.4) is 0 Å². The van der Waals surface area contributed by atoms with E-state index in [0.29, 0.717) is 12.4 Å². The van der Waals surface area contributed by atoms with Gasteiger partial charge >= 0.3 is 5.97 Å². The molecule has 0 unspecified atom stereocenters. The number of aliphatic hydroxyl groups excluding tert-OH is 1. The van der Waals surface area contributed by atoms with E-state index in [4.69, 9.17) is 10.2 Å². The highest BCUT2D eigenvalue weighted by molar-refractivity contribution is 5.85. The Kier molecular flexibility index (Phi) is 3.78. The van der Waals surface area contributed by atoms with E-state index in [2.05, 4.69) is 15.3 Å². The first-order valence-corrected chi connectivity index (χ1v) is 4.85. The van der Waals surface area contributed by atoms with Gasteiger partial charge in [0.15, 0.2) is 5.69 Å². The summed E-state index contributed by atoms with van der Waals surface area (Å²) in [4.78, 5) is 18.3. The zero-order valence-corrected chi connectivity index (χ0v) is 9.27. The van der Waals surface area contributed by atoms with Crippen molar-refractivity contribution in [1.29, 1.82) is 0 Å². The lowest BCUT2D eigenvalue weighted by Crippen LogP contribution is -2.27. The van der Waals surface area contributed by atoms with Crippen LogP contribution in [0.5, 0.6) is 0 Å². The van der Waals surface area contributed by atoms with Crippen LogP contribution in [0.1, 0.15) is 24.3 Å². The van der Waals surface area contributed by atoms with Crippen molar-refractivity contribution in [3.63, 3.8) is 0 Å². The van der Waals surface area contributed by atoms with Crippen molar-refractivity contribution in [2.24, 2.45) is 5.41 Å². The number of anilines is 1. The fourth-order valence-corrected chi connectivity index (χ4v) is 0.940. The van der Waals surface area contributed by atoms with E-state index in [9.17, 15) is 4.79 Å². The van der Waals surface area contributed by atoms with Crippen LogP contribution in [0.15, 0.2) is 12.4 Å². The zero-order chi connectivity index (χ0) is 12.2. The van der Waals surface area contributed by atoms with Gasteiger partial charge in [-0.15, -0.1) is 0 Å². The summed E-state index contributed by atoms with van der Waals surface area (Å²) >= 11 is 0. The highest BCUT2D eigenvalue weighted by Gasteiger charge is 2.16. The normalized spacial score (nSPS) is 11.2. The highest BCUT2D eigenvalue weighted by Crippen LogP contribution is 2.14. The maximum Gasteiger partial charge on any atom is 0.356 e. The molecule has 6 nitrogen and oxygen atoms in total. The van der Waals surface area contributed by atoms with Gasteiger partial charge in [-0.2, -0.15) is 0 Å². The van der Waals surface area contributed by atoms with E-state index in [1.807, 2.05) is 13.8 Å². The minimum atomic E-state index is -1.11. The lowest BCUT2D eigenvalue weighted by molar-refractivity contribution is 0.0690. The predicted molar refractivity (Wildman–Crippen MR) is 58.3 cm³/mol.